The maximum absolute atomic E-state index is 12.4. The second-order valence-corrected chi connectivity index (χ2v) is 10.7. The number of sulfonamides is 1. The van der Waals surface area contributed by atoms with E-state index in [2.05, 4.69) is 4.72 Å². The molecule has 0 fully saturated rings. The number of rotatable bonds is 8. The van der Waals surface area contributed by atoms with Crippen LogP contribution in [-0.4, -0.2) is 40.9 Å². The molecule has 0 amide bonds. The first-order valence-corrected chi connectivity index (χ1v) is 13.3. The summed E-state index contributed by atoms with van der Waals surface area (Å²) in [6.45, 7) is 0. The monoisotopic (exact) mass is 559 g/mol. The summed E-state index contributed by atoms with van der Waals surface area (Å²) in [5, 5.41) is 21.3. The van der Waals surface area contributed by atoms with E-state index >= 15 is 0 Å². The van der Waals surface area contributed by atoms with Crippen LogP contribution in [0.1, 0.15) is 0 Å². The number of para-hydroxylation sites is 2. The second kappa shape index (κ2) is 11.7. The van der Waals surface area contributed by atoms with Crippen LogP contribution in [0.25, 0.3) is 0 Å². The molecular weight excluding hydrogens is 542 g/mol. The van der Waals surface area contributed by atoms with Gasteiger partial charge in [0.05, 0.1) is 29.8 Å². The van der Waals surface area contributed by atoms with E-state index in [1.54, 1.807) is 0 Å². The van der Waals surface area contributed by atoms with Gasteiger partial charge in [-0.25, -0.2) is 16.8 Å². The summed E-state index contributed by atoms with van der Waals surface area (Å²) >= 11 is 0. The van der Waals surface area contributed by atoms with Gasteiger partial charge in [-0.15, -0.1) is 0 Å². The van der Waals surface area contributed by atoms with Gasteiger partial charge in [0.15, 0.2) is 21.3 Å². The van der Waals surface area contributed by atoms with E-state index in [1.165, 1.54) is 62.8 Å². The Balaban J connectivity index is 0.000000297. The molecule has 1 N–H and O–H groups in total. The van der Waals surface area contributed by atoms with Crippen LogP contribution in [0.3, 0.4) is 0 Å². The molecule has 0 saturated heterocycles. The van der Waals surface area contributed by atoms with Gasteiger partial charge in [0.25, 0.3) is 30.4 Å². The first kappa shape index (κ1) is 28.3. The minimum absolute atomic E-state index is 0.195. The Morgan fingerprint density at radius 2 is 1.22 bits per heavy atom. The number of nitrogens with zero attached hydrogens (tertiary/aromatic N) is 2. The molecular formula is C20H18ClN3O10S2. The van der Waals surface area contributed by atoms with E-state index in [1.807, 2.05) is 0 Å². The van der Waals surface area contributed by atoms with Crippen LogP contribution in [0.4, 0.5) is 17.1 Å². The van der Waals surface area contributed by atoms with Crippen molar-refractivity contribution < 1.29 is 36.2 Å². The van der Waals surface area contributed by atoms with Crippen molar-refractivity contribution in [3.63, 3.8) is 0 Å². The zero-order valence-corrected chi connectivity index (χ0v) is 20.9. The van der Waals surface area contributed by atoms with Gasteiger partial charge in [0, 0.05) is 28.9 Å². The van der Waals surface area contributed by atoms with Gasteiger partial charge < -0.3 is 9.47 Å². The first-order valence-electron chi connectivity index (χ1n) is 9.48. The molecule has 0 aliphatic carbocycles. The number of hydrogen-bond acceptors (Lipinski definition) is 10. The minimum Gasteiger partial charge on any atom is -0.493 e. The lowest BCUT2D eigenvalue weighted by Crippen LogP contribution is -2.14. The second-order valence-electron chi connectivity index (χ2n) is 6.56. The molecule has 0 spiro atoms. The van der Waals surface area contributed by atoms with Crippen LogP contribution < -0.4 is 14.2 Å². The predicted octanol–water partition coefficient (Wildman–Crippen LogP) is 3.94. The van der Waals surface area contributed by atoms with Crippen LogP contribution in [0.5, 0.6) is 11.5 Å². The summed E-state index contributed by atoms with van der Waals surface area (Å²) < 4.78 is 58.9. The molecule has 3 aromatic carbocycles. The van der Waals surface area contributed by atoms with E-state index in [9.17, 15) is 37.1 Å². The fourth-order valence-electron chi connectivity index (χ4n) is 2.76. The highest BCUT2D eigenvalue weighted by Gasteiger charge is 2.25. The summed E-state index contributed by atoms with van der Waals surface area (Å²) in [5.41, 5.74) is -0.821. The maximum Gasteiger partial charge on any atom is 0.289 e. The SMILES string of the molecule is COc1ccc(NS(=O)(=O)c2ccccc2[N+](=O)[O-])cc1OC.O=[N+]([O-])c1ccccc1S(=O)(=O)Cl. The van der Waals surface area contributed by atoms with Crippen molar-refractivity contribution in [1.29, 1.82) is 0 Å². The highest BCUT2D eigenvalue weighted by molar-refractivity contribution is 8.13. The lowest BCUT2D eigenvalue weighted by atomic mass is 10.3. The number of nitro groups is 2. The summed E-state index contributed by atoms with van der Waals surface area (Å²) in [5.74, 6) is 0.761. The summed E-state index contributed by atoms with van der Waals surface area (Å²) in [6, 6.07) is 14.4. The molecule has 36 heavy (non-hydrogen) atoms. The maximum atomic E-state index is 12.4. The summed E-state index contributed by atoms with van der Waals surface area (Å²) in [6.07, 6.45) is 0. The molecule has 0 radical (unpaired) electrons. The van der Waals surface area contributed by atoms with Gasteiger partial charge in [0.2, 0.25) is 0 Å². The van der Waals surface area contributed by atoms with Gasteiger partial charge in [-0.1, -0.05) is 24.3 Å². The normalized spacial score (nSPS) is 11.0. The quantitative estimate of drug-likeness (QED) is 0.241. The Morgan fingerprint density at radius 1 is 0.750 bits per heavy atom. The molecule has 0 atom stereocenters. The van der Waals surface area contributed by atoms with Crippen LogP contribution in [0, 0.1) is 20.2 Å². The van der Waals surface area contributed by atoms with Crippen LogP contribution in [0.2, 0.25) is 0 Å². The number of methoxy groups -OCH3 is 2. The molecule has 0 heterocycles. The molecule has 16 heteroatoms. The number of ether oxygens (including phenoxy) is 2. The van der Waals surface area contributed by atoms with Gasteiger partial charge in [-0.05, 0) is 24.3 Å². The molecule has 192 valence electrons. The van der Waals surface area contributed by atoms with Crippen molar-refractivity contribution in [1.82, 2.24) is 0 Å². The molecule has 0 bridgehead atoms. The topological polar surface area (TPSA) is 185 Å². The van der Waals surface area contributed by atoms with E-state index in [-0.39, 0.29) is 5.69 Å². The number of nitrogens with one attached hydrogen (secondary N) is 1. The van der Waals surface area contributed by atoms with E-state index in [0.29, 0.717) is 11.5 Å². The molecule has 13 nitrogen and oxygen atoms in total. The number of hydrogen-bond donors (Lipinski definition) is 1. The summed E-state index contributed by atoms with van der Waals surface area (Å²) in [7, 11) is -0.326. The van der Waals surface area contributed by atoms with Crippen molar-refractivity contribution in [2.75, 3.05) is 18.9 Å². The van der Waals surface area contributed by atoms with Gasteiger partial charge in [0.1, 0.15) is 0 Å². The van der Waals surface area contributed by atoms with Crippen molar-refractivity contribution >= 4 is 46.8 Å². The highest BCUT2D eigenvalue weighted by Crippen LogP contribution is 2.32. The molecule has 0 aliphatic heterocycles. The fourth-order valence-corrected chi connectivity index (χ4v) is 5.01. The molecule has 0 aliphatic rings. The molecule has 0 unspecified atom stereocenters. The summed E-state index contributed by atoms with van der Waals surface area (Å²) in [4.78, 5) is 18.9. The number of benzene rings is 3. The largest absolute Gasteiger partial charge is 0.493 e. The third kappa shape index (κ3) is 7.03. The standard InChI is InChI=1S/C14H14N2O6S.C6H4ClNO4S/c1-21-12-8-7-10(9-13(12)22-2)15-23(19,20)14-6-4-3-5-11(14)16(17)18;7-13(11,12)6-4-2-1-3-5(6)8(9)10/h3-9,15H,1-2H3;1-4H. The first-order chi connectivity index (χ1) is 16.8. The third-order valence-electron chi connectivity index (χ3n) is 4.31. The number of anilines is 1. The fraction of sp³-hybridized carbons (Fsp3) is 0.100. The minimum atomic E-state index is -4.12. The molecule has 0 saturated carbocycles. The van der Waals surface area contributed by atoms with E-state index in [4.69, 9.17) is 20.2 Å². The van der Waals surface area contributed by atoms with Crippen molar-refractivity contribution in [2.24, 2.45) is 0 Å². The highest BCUT2D eigenvalue weighted by atomic mass is 35.7. The predicted molar refractivity (Wildman–Crippen MR) is 130 cm³/mol. The Morgan fingerprint density at radius 3 is 1.67 bits per heavy atom. The zero-order valence-electron chi connectivity index (χ0n) is 18.5. The Hall–Kier alpha value is -3.95. The Kier molecular flexibility index (Phi) is 9.16. The molecule has 0 aromatic heterocycles. The third-order valence-corrected chi connectivity index (χ3v) is 7.11. The average Bonchev–Trinajstić information content (AvgIpc) is 2.83. The Bertz CT molecular complexity index is 1500. The number of halogens is 1. The molecule has 3 rings (SSSR count). The lowest BCUT2D eigenvalue weighted by molar-refractivity contribution is -0.388. The number of nitro benzene ring substituents is 2. The van der Waals surface area contributed by atoms with Gasteiger partial charge >= 0.3 is 0 Å². The van der Waals surface area contributed by atoms with Crippen molar-refractivity contribution in [3.8, 4) is 11.5 Å². The van der Waals surface area contributed by atoms with Gasteiger partial charge in [-0.2, -0.15) is 0 Å². The zero-order chi connectivity index (χ0) is 27.1. The van der Waals surface area contributed by atoms with Crippen LogP contribution in [-0.2, 0) is 19.1 Å². The van der Waals surface area contributed by atoms with E-state index in [0.717, 1.165) is 18.2 Å². The van der Waals surface area contributed by atoms with Gasteiger partial charge in [-0.3, -0.25) is 25.0 Å². The van der Waals surface area contributed by atoms with Crippen molar-refractivity contribution in [2.45, 2.75) is 9.79 Å². The van der Waals surface area contributed by atoms with Crippen molar-refractivity contribution in [3.05, 3.63) is 87.0 Å². The lowest BCUT2D eigenvalue weighted by Gasteiger charge is -2.12. The van der Waals surface area contributed by atoms with Crippen LogP contribution >= 0.6 is 10.7 Å². The smallest absolute Gasteiger partial charge is 0.289 e. The average molecular weight is 560 g/mol. The molecule has 3 aromatic rings. The van der Waals surface area contributed by atoms with E-state index < -0.39 is 50.1 Å². The Labute approximate surface area is 210 Å². The van der Waals surface area contributed by atoms with Crippen LogP contribution in [0.15, 0.2) is 76.5 Å².